The molecule has 0 fully saturated rings. The molecule has 0 aliphatic carbocycles. The van der Waals surface area contributed by atoms with Gasteiger partial charge in [-0.25, -0.2) is 0 Å². The van der Waals surface area contributed by atoms with E-state index in [2.05, 4.69) is 18.4 Å². The van der Waals surface area contributed by atoms with Crippen molar-refractivity contribution in [2.75, 3.05) is 13.7 Å². The zero-order valence-electron chi connectivity index (χ0n) is 9.59. The molecular weight excluding hydrogens is 194 g/mol. The zero-order chi connectivity index (χ0) is 11.0. The quantitative estimate of drug-likeness (QED) is 0.417. The summed E-state index contributed by atoms with van der Waals surface area (Å²) < 4.78 is 5.40. The Morgan fingerprint density at radius 3 is 2.64 bits per heavy atom. The third-order valence-electron chi connectivity index (χ3n) is 2.13. The number of allylic oxidation sites excluding steroid dienone is 1. The number of amides is 1. The standard InChI is InChI=1S/C10H21NO2Si/c1-5-7-10(12)11-8-6-9-14(3,4)13-2/h5,7H,6,8-9H2,1-4H3,(H,11,12). The Morgan fingerprint density at radius 2 is 2.14 bits per heavy atom. The van der Waals surface area contributed by atoms with Crippen LogP contribution in [0.2, 0.25) is 19.1 Å². The van der Waals surface area contributed by atoms with Crippen molar-refractivity contribution in [3.05, 3.63) is 12.2 Å². The Labute approximate surface area is 87.7 Å². The van der Waals surface area contributed by atoms with E-state index in [0.29, 0.717) is 0 Å². The van der Waals surface area contributed by atoms with E-state index in [1.807, 2.05) is 6.92 Å². The molecule has 14 heavy (non-hydrogen) atoms. The maximum atomic E-state index is 11.0. The van der Waals surface area contributed by atoms with Crippen LogP contribution < -0.4 is 5.32 Å². The van der Waals surface area contributed by atoms with E-state index in [9.17, 15) is 4.79 Å². The van der Waals surface area contributed by atoms with Crippen molar-refractivity contribution < 1.29 is 9.22 Å². The molecule has 0 aliphatic rings. The molecule has 0 rings (SSSR count). The highest BCUT2D eigenvalue weighted by Gasteiger charge is 2.19. The highest BCUT2D eigenvalue weighted by molar-refractivity contribution is 6.71. The molecule has 82 valence electrons. The number of hydrogen-bond acceptors (Lipinski definition) is 2. The lowest BCUT2D eigenvalue weighted by Crippen LogP contribution is -2.30. The highest BCUT2D eigenvalue weighted by Crippen LogP contribution is 2.11. The highest BCUT2D eigenvalue weighted by atomic mass is 28.4. The summed E-state index contributed by atoms with van der Waals surface area (Å²) in [4.78, 5) is 11.0. The summed E-state index contributed by atoms with van der Waals surface area (Å²) in [6.07, 6.45) is 4.28. The van der Waals surface area contributed by atoms with Crippen LogP contribution in [-0.2, 0) is 9.22 Å². The molecule has 0 aromatic carbocycles. The first kappa shape index (κ1) is 13.4. The number of carbonyl (C=O) groups excluding carboxylic acids is 1. The second-order valence-electron chi connectivity index (χ2n) is 3.86. The van der Waals surface area contributed by atoms with Gasteiger partial charge in [0.15, 0.2) is 8.32 Å². The van der Waals surface area contributed by atoms with Crippen molar-refractivity contribution in [2.24, 2.45) is 0 Å². The van der Waals surface area contributed by atoms with Crippen molar-refractivity contribution >= 4 is 14.2 Å². The lowest BCUT2D eigenvalue weighted by molar-refractivity contribution is -0.116. The maximum absolute atomic E-state index is 11.0. The Kier molecular flexibility index (Phi) is 6.49. The van der Waals surface area contributed by atoms with E-state index >= 15 is 0 Å². The molecule has 0 unspecified atom stereocenters. The Hall–Kier alpha value is -0.613. The predicted octanol–water partition coefficient (Wildman–Crippen LogP) is 1.92. The van der Waals surface area contributed by atoms with Crippen LogP contribution in [0.15, 0.2) is 12.2 Å². The van der Waals surface area contributed by atoms with Gasteiger partial charge in [-0.2, -0.15) is 0 Å². The van der Waals surface area contributed by atoms with Crippen molar-refractivity contribution in [1.29, 1.82) is 0 Å². The van der Waals surface area contributed by atoms with Crippen molar-refractivity contribution in [3.8, 4) is 0 Å². The minimum Gasteiger partial charge on any atom is -0.420 e. The number of hydrogen-bond donors (Lipinski definition) is 1. The lowest BCUT2D eigenvalue weighted by Gasteiger charge is -2.19. The van der Waals surface area contributed by atoms with Crippen LogP contribution in [0.5, 0.6) is 0 Å². The van der Waals surface area contributed by atoms with Crippen molar-refractivity contribution in [3.63, 3.8) is 0 Å². The lowest BCUT2D eigenvalue weighted by atomic mass is 10.4. The molecule has 0 radical (unpaired) electrons. The van der Waals surface area contributed by atoms with Crippen LogP contribution in [0.4, 0.5) is 0 Å². The third kappa shape index (κ3) is 6.86. The predicted molar refractivity (Wildman–Crippen MR) is 61.7 cm³/mol. The Bertz CT molecular complexity index is 202. The van der Waals surface area contributed by atoms with Crippen LogP contribution in [-0.4, -0.2) is 27.9 Å². The van der Waals surface area contributed by atoms with Gasteiger partial charge in [0.2, 0.25) is 5.91 Å². The minimum atomic E-state index is -1.44. The second kappa shape index (κ2) is 6.78. The normalized spacial score (nSPS) is 12.0. The molecule has 0 saturated heterocycles. The maximum Gasteiger partial charge on any atom is 0.243 e. The zero-order valence-corrected chi connectivity index (χ0v) is 10.6. The van der Waals surface area contributed by atoms with Gasteiger partial charge >= 0.3 is 0 Å². The molecular formula is C10H21NO2Si. The van der Waals surface area contributed by atoms with E-state index in [1.165, 1.54) is 0 Å². The summed E-state index contributed by atoms with van der Waals surface area (Å²) >= 11 is 0. The van der Waals surface area contributed by atoms with Crippen LogP contribution in [0.3, 0.4) is 0 Å². The largest absolute Gasteiger partial charge is 0.420 e. The SMILES string of the molecule is CC=CC(=O)NCCC[Si](C)(C)OC. The van der Waals surface area contributed by atoms with E-state index in [-0.39, 0.29) is 5.91 Å². The Balaban J connectivity index is 3.52. The third-order valence-corrected chi connectivity index (χ3v) is 4.79. The summed E-state index contributed by atoms with van der Waals surface area (Å²) in [5, 5.41) is 2.82. The van der Waals surface area contributed by atoms with Gasteiger partial charge in [0.1, 0.15) is 0 Å². The van der Waals surface area contributed by atoms with Crippen LogP contribution in [0.1, 0.15) is 13.3 Å². The fourth-order valence-corrected chi connectivity index (χ4v) is 2.27. The molecule has 0 saturated carbocycles. The average Bonchev–Trinajstić information content (AvgIpc) is 2.13. The van der Waals surface area contributed by atoms with E-state index in [4.69, 9.17) is 4.43 Å². The number of carbonyl (C=O) groups is 1. The van der Waals surface area contributed by atoms with Crippen molar-refractivity contribution in [1.82, 2.24) is 5.32 Å². The molecule has 0 heterocycles. The van der Waals surface area contributed by atoms with Gasteiger partial charge in [-0.15, -0.1) is 0 Å². The molecule has 0 bridgehead atoms. The summed E-state index contributed by atoms with van der Waals surface area (Å²) in [6, 6.07) is 1.08. The van der Waals surface area contributed by atoms with E-state index < -0.39 is 8.32 Å². The molecule has 0 spiro atoms. The summed E-state index contributed by atoms with van der Waals surface area (Å²) in [6.45, 7) is 6.94. The average molecular weight is 215 g/mol. The molecule has 3 nitrogen and oxygen atoms in total. The van der Waals surface area contributed by atoms with Crippen LogP contribution in [0.25, 0.3) is 0 Å². The molecule has 0 aliphatic heterocycles. The van der Waals surface area contributed by atoms with Gasteiger partial charge in [0, 0.05) is 13.7 Å². The van der Waals surface area contributed by atoms with Gasteiger partial charge in [-0.05, 0) is 38.6 Å². The minimum absolute atomic E-state index is 0.00982. The molecule has 4 heteroatoms. The van der Waals surface area contributed by atoms with Gasteiger partial charge in [0.25, 0.3) is 0 Å². The topological polar surface area (TPSA) is 38.3 Å². The summed E-state index contributed by atoms with van der Waals surface area (Å²) in [5.41, 5.74) is 0. The molecule has 0 atom stereocenters. The fraction of sp³-hybridized carbons (Fsp3) is 0.700. The Morgan fingerprint density at radius 1 is 1.50 bits per heavy atom. The second-order valence-corrected chi connectivity index (χ2v) is 8.29. The molecule has 0 aromatic rings. The van der Waals surface area contributed by atoms with Gasteiger partial charge in [-0.3, -0.25) is 4.79 Å². The fourth-order valence-electron chi connectivity index (χ4n) is 1.04. The number of rotatable bonds is 6. The summed E-state index contributed by atoms with van der Waals surface area (Å²) in [7, 11) is 0.331. The molecule has 1 N–H and O–H groups in total. The van der Waals surface area contributed by atoms with Crippen LogP contribution in [0, 0.1) is 0 Å². The van der Waals surface area contributed by atoms with Gasteiger partial charge in [0.05, 0.1) is 0 Å². The van der Waals surface area contributed by atoms with Gasteiger partial charge in [-0.1, -0.05) is 6.08 Å². The van der Waals surface area contributed by atoms with Crippen LogP contribution >= 0.6 is 0 Å². The van der Waals surface area contributed by atoms with Gasteiger partial charge < -0.3 is 9.74 Å². The monoisotopic (exact) mass is 215 g/mol. The first-order chi connectivity index (χ1) is 6.52. The summed E-state index contributed by atoms with van der Waals surface area (Å²) in [5.74, 6) is -0.00982. The van der Waals surface area contributed by atoms with Crippen molar-refractivity contribution in [2.45, 2.75) is 32.5 Å². The first-order valence-corrected chi connectivity index (χ1v) is 8.09. The van der Waals surface area contributed by atoms with E-state index in [0.717, 1.165) is 19.0 Å². The molecule has 1 amide bonds. The smallest absolute Gasteiger partial charge is 0.243 e. The first-order valence-electron chi connectivity index (χ1n) is 4.97. The van der Waals surface area contributed by atoms with E-state index in [1.54, 1.807) is 19.3 Å². The molecule has 0 aromatic heterocycles. The number of nitrogens with one attached hydrogen (secondary N) is 1.